The van der Waals surface area contributed by atoms with Crippen LogP contribution in [0.5, 0.6) is 0 Å². The van der Waals surface area contributed by atoms with E-state index < -0.39 is 0 Å². The average molecular weight is 372 g/mol. The van der Waals surface area contributed by atoms with Crippen LogP contribution >= 0.6 is 0 Å². The molecule has 3 aliphatic heterocycles. The Kier molecular flexibility index (Phi) is 5.71. The molecule has 0 radical (unpaired) electrons. The van der Waals surface area contributed by atoms with Crippen molar-refractivity contribution in [3.63, 3.8) is 0 Å². The van der Waals surface area contributed by atoms with Gasteiger partial charge in [-0.05, 0) is 37.5 Å². The van der Waals surface area contributed by atoms with Crippen LogP contribution in [0, 0.1) is 0 Å². The van der Waals surface area contributed by atoms with E-state index in [1.807, 2.05) is 23.1 Å². The second kappa shape index (κ2) is 8.37. The number of nitrogens with zero attached hydrogens (tertiary/aromatic N) is 2. The summed E-state index contributed by atoms with van der Waals surface area (Å²) < 4.78 is 5.42. The van der Waals surface area contributed by atoms with E-state index in [1.165, 1.54) is 0 Å². The lowest BCUT2D eigenvalue weighted by Gasteiger charge is -2.32. The van der Waals surface area contributed by atoms with Crippen LogP contribution < -0.4 is 10.6 Å². The Labute approximate surface area is 160 Å². The van der Waals surface area contributed by atoms with Gasteiger partial charge in [0.15, 0.2) is 0 Å². The second-order valence-electron chi connectivity index (χ2n) is 7.55. The van der Waals surface area contributed by atoms with Gasteiger partial charge in [0.1, 0.15) is 6.10 Å². The van der Waals surface area contributed by atoms with Gasteiger partial charge in [-0.15, -0.1) is 0 Å². The maximum atomic E-state index is 12.9. The third-order valence-electron chi connectivity index (χ3n) is 5.72. The quantitative estimate of drug-likeness (QED) is 0.822. The molecule has 2 N–H and O–H groups in total. The van der Waals surface area contributed by atoms with Gasteiger partial charge >= 0.3 is 0 Å². The highest BCUT2D eigenvalue weighted by Crippen LogP contribution is 2.21. The fourth-order valence-electron chi connectivity index (χ4n) is 4.19. The van der Waals surface area contributed by atoms with Crippen molar-refractivity contribution in [2.45, 2.75) is 31.4 Å². The van der Waals surface area contributed by atoms with Gasteiger partial charge in [0.25, 0.3) is 11.8 Å². The number of hydrogen-bond acceptors (Lipinski definition) is 5. The average Bonchev–Trinajstić information content (AvgIpc) is 3.40. The molecule has 2 atom stereocenters. The summed E-state index contributed by atoms with van der Waals surface area (Å²) in [5.41, 5.74) is 1.28. The van der Waals surface area contributed by atoms with E-state index in [4.69, 9.17) is 4.74 Å². The van der Waals surface area contributed by atoms with Crippen molar-refractivity contribution in [1.29, 1.82) is 0 Å². The van der Waals surface area contributed by atoms with Crippen molar-refractivity contribution in [1.82, 2.24) is 15.1 Å². The number of likely N-dealkylation sites (tertiary alicyclic amines) is 1. The lowest BCUT2D eigenvalue weighted by atomic mass is 10.1. The normalized spacial score (nSPS) is 26.3. The zero-order valence-corrected chi connectivity index (χ0v) is 15.7. The van der Waals surface area contributed by atoms with Crippen molar-refractivity contribution in [2.24, 2.45) is 0 Å². The van der Waals surface area contributed by atoms with E-state index in [2.05, 4.69) is 15.5 Å². The van der Waals surface area contributed by atoms with Crippen LogP contribution in [0.3, 0.4) is 0 Å². The van der Waals surface area contributed by atoms with E-state index in [-0.39, 0.29) is 17.9 Å². The third-order valence-corrected chi connectivity index (χ3v) is 5.72. The van der Waals surface area contributed by atoms with Crippen LogP contribution in [0.4, 0.5) is 5.69 Å². The summed E-state index contributed by atoms with van der Waals surface area (Å²) in [6.07, 6.45) is 2.33. The number of carbonyl (C=O) groups is 2. The van der Waals surface area contributed by atoms with Crippen molar-refractivity contribution < 1.29 is 14.3 Å². The van der Waals surface area contributed by atoms with E-state index in [0.29, 0.717) is 23.9 Å². The molecule has 7 heteroatoms. The first kappa shape index (κ1) is 18.4. The molecule has 3 saturated heterocycles. The summed E-state index contributed by atoms with van der Waals surface area (Å²) in [6.45, 7) is 6.37. The molecule has 0 saturated carbocycles. The van der Waals surface area contributed by atoms with Gasteiger partial charge in [-0.2, -0.15) is 0 Å². The van der Waals surface area contributed by atoms with E-state index in [1.54, 1.807) is 6.07 Å². The number of carbonyl (C=O) groups excluding carboxylic acids is 2. The monoisotopic (exact) mass is 372 g/mol. The van der Waals surface area contributed by atoms with Gasteiger partial charge in [0, 0.05) is 63.2 Å². The Balaban J connectivity index is 1.36. The first-order valence-corrected chi connectivity index (χ1v) is 9.97. The minimum absolute atomic E-state index is 0.0425. The number of nitrogens with one attached hydrogen (secondary N) is 2. The van der Waals surface area contributed by atoms with Crippen molar-refractivity contribution in [2.75, 3.05) is 51.2 Å². The first-order chi connectivity index (χ1) is 13.2. The Morgan fingerprint density at radius 3 is 2.78 bits per heavy atom. The van der Waals surface area contributed by atoms with Crippen LogP contribution in [0.25, 0.3) is 0 Å². The molecule has 1 aromatic rings. The van der Waals surface area contributed by atoms with Gasteiger partial charge < -0.3 is 20.3 Å². The zero-order valence-electron chi connectivity index (χ0n) is 15.7. The maximum Gasteiger partial charge on any atom is 0.253 e. The largest absolute Gasteiger partial charge is 0.368 e. The molecule has 2 amide bonds. The molecule has 3 heterocycles. The van der Waals surface area contributed by atoms with Crippen molar-refractivity contribution in [3.8, 4) is 0 Å². The highest BCUT2D eigenvalue weighted by atomic mass is 16.5. The highest BCUT2D eigenvalue weighted by Gasteiger charge is 2.31. The van der Waals surface area contributed by atoms with E-state index in [9.17, 15) is 9.59 Å². The number of amides is 2. The molecule has 1 aromatic carbocycles. The summed E-state index contributed by atoms with van der Waals surface area (Å²) in [7, 11) is 0. The fourth-order valence-corrected chi connectivity index (χ4v) is 4.19. The summed E-state index contributed by atoms with van der Waals surface area (Å²) in [5.74, 6) is -0.0853. The Hall–Kier alpha value is -1.96. The van der Waals surface area contributed by atoms with Gasteiger partial charge in [0.05, 0.1) is 0 Å². The van der Waals surface area contributed by atoms with Crippen LogP contribution in [-0.4, -0.2) is 79.6 Å². The molecule has 0 aliphatic carbocycles. The molecule has 7 nitrogen and oxygen atoms in total. The molecular formula is C20H28N4O3. The SMILES string of the molecule is O=C(Nc1cccc(C(=O)N2CCC(N3CCNCC3)C2)c1)C1CCCO1. The maximum absolute atomic E-state index is 12.9. The van der Waals surface area contributed by atoms with Gasteiger partial charge in [-0.25, -0.2) is 0 Å². The molecule has 0 bridgehead atoms. The zero-order chi connectivity index (χ0) is 18.6. The summed E-state index contributed by atoms with van der Waals surface area (Å²) >= 11 is 0. The summed E-state index contributed by atoms with van der Waals surface area (Å²) in [6, 6.07) is 7.69. The van der Waals surface area contributed by atoms with Gasteiger partial charge in [0.2, 0.25) is 0 Å². The molecule has 27 heavy (non-hydrogen) atoms. The third kappa shape index (κ3) is 4.31. The van der Waals surface area contributed by atoms with E-state index >= 15 is 0 Å². The van der Waals surface area contributed by atoms with Gasteiger partial charge in [-0.3, -0.25) is 14.5 Å². The molecular weight excluding hydrogens is 344 g/mol. The summed E-state index contributed by atoms with van der Waals surface area (Å²) in [5, 5.41) is 6.25. The molecule has 0 aromatic heterocycles. The number of piperazine rings is 1. The number of rotatable bonds is 4. The van der Waals surface area contributed by atoms with Crippen LogP contribution in [-0.2, 0) is 9.53 Å². The standard InChI is InChI=1S/C20H28N4O3/c25-19(18-5-2-12-27-18)22-16-4-1-3-15(13-16)20(26)24-9-6-17(14-24)23-10-7-21-8-11-23/h1,3-4,13,17-18,21H,2,5-12,14H2,(H,22,25). The number of anilines is 1. The Bertz CT molecular complexity index is 684. The number of ether oxygens (including phenoxy) is 1. The van der Waals surface area contributed by atoms with Crippen LogP contribution in [0.15, 0.2) is 24.3 Å². The van der Waals surface area contributed by atoms with Crippen molar-refractivity contribution in [3.05, 3.63) is 29.8 Å². The van der Waals surface area contributed by atoms with Crippen LogP contribution in [0.2, 0.25) is 0 Å². The Morgan fingerprint density at radius 1 is 1.15 bits per heavy atom. The predicted molar refractivity (Wildman–Crippen MR) is 103 cm³/mol. The number of benzene rings is 1. The van der Waals surface area contributed by atoms with Crippen molar-refractivity contribution >= 4 is 17.5 Å². The number of hydrogen-bond donors (Lipinski definition) is 2. The fraction of sp³-hybridized carbons (Fsp3) is 0.600. The smallest absolute Gasteiger partial charge is 0.253 e. The molecule has 3 aliphatic rings. The van der Waals surface area contributed by atoms with E-state index in [0.717, 1.165) is 58.5 Å². The summed E-state index contributed by atoms with van der Waals surface area (Å²) in [4.78, 5) is 29.6. The van der Waals surface area contributed by atoms with Crippen LogP contribution in [0.1, 0.15) is 29.6 Å². The molecule has 2 unspecified atom stereocenters. The molecule has 146 valence electrons. The highest BCUT2D eigenvalue weighted by molar-refractivity contribution is 5.98. The second-order valence-corrected chi connectivity index (χ2v) is 7.55. The van der Waals surface area contributed by atoms with Gasteiger partial charge in [-0.1, -0.05) is 6.07 Å². The lowest BCUT2D eigenvalue weighted by Crippen LogP contribution is -2.49. The molecule has 3 fully saturated rings. The minimum Gasteiger partial charge on any atom is -0.368 e. The minimum atomic E-state index is -0.372. The first-order valence-electron chi connectivity index (χ1n) is 9.97. The molecule has 0 spiro atoms. The topological polar surface area (TPSA) is 73.9 Å². The molecule has 4 rings (SSSR count). The lowest BCUT2D eigenvalue weighted by molar-refractivity contribution is -0.124. The Morgan fingerprint density at radius 2 is 2.00 bits per heavy atom. The predicted octanol–water partition coefficient (Wildman–Crippen LogP) is 0.924.